The van der Waals surface area contributed by atoms with Crippen molar-refractivity contribution in [1.29, 1.82) is 0 Å². The first kappa shape index (κ1) is 21.5. The van der Waals surface area contributed by atoms with Crippen LogP contribution in [-0.4, -0.2) is 25.3 Å². The van der Waals surface area contributed by atoms with Crippen molar-refractivity contribution in [3.05, 3.63) is 77.0 Å². The van der Waals surface area contributed by atoms with Gasteiger partial charge in [0.25, 0.3) is 0 Å². The fourth-order valence-corrected chi connectivity index (χ4v) is 4.35. The molecule has 0 fully saturated rings. The lowest BCUT2D eigenvalue weighted by atomic mass is 9.86. The third-order valence-electron chi connectivity index (χ3n) is 5.95. The fraction of sp³-hybridized carbons (Fsp3) is 0.261. The molecule has 1 aliphatic carbocycles. The summed E-state index contributed by atoms with van der Waals surface area (Å²) in [6.45, 7) is 0. The predicted molar refractivity (Wildman–Crippen MR) is 112 cm³/mol. The molecule has 33 heavy (non-hydrogen) atoms. The zero-order valence-corrected chi connectivity index (χ0v) is 17.2. The number of aryl methyl sites for hydroxylation is 1. The number of hydrogen-bond donors (Lipinski definition) is 3. The minimum atomic E-state index is -4.79. The maximum Gasteiger partial charge on any atom is 0.419 e. The highest BCUT2D eigenvalue weighted by Gasteiger charge is 2.34. The quantitative estimate of drug-likeness (QED) is 0.302. The molecule has 10 heteroatoms. The maximum absolute atomic E-state index is 13.9. The minimum absolute atomic E-state index is 0.0348. The number of hydrogen-bond acceptors (Lipinski definition) is 5. The van der Waals surface area contributed by atoms with Gasteiger partial charge in [0.2, 0.25) is 0 Å². The second-order valence-corrected chi connectivity index (χ2v) is 8.02. The molecule has 0 bridgehead atoms. The summed E-state index contributed by atoms with van der Waals surface area (Å²) in [4.78, 5) is 8.55. The van der Waals surface area contributed by atoms with Crippen LogP contribution in [0.15, 0.2) is 48.9 Å². The summed E-state index contributed by atoms with van der Waals surface area (Å²) < 4.78 is 52.4. The van der Waals surface area contributed by atoms with E-state index in [1.165, 1.54) is 6.33 Å². The molecular formula is C23H19F4N5O. The Bertz CT molecular complexity index is 1320. The third-order valence-corrected chi connectivity index (χ3v) is 5.95. The van der Waals surface area contributed by atoms with Crippen LogP contribution in [0, 0.1) is 5.82 Å². The molecule has 2 atom stereocenters. The van der Waals surface area contributed by atoms with Crippen LogP contribution in [0.2, 0.25) is 0 Å². The molecule has 4 aromatic rings. The summed E-state index contributed by atoms with van der Waals surface area (Å²) in [5.74, 6) is -1.41. The van der Waals surface area contributed by atoms with Gasteiger partial charge in [-0.15, -0.1) is 0 Å². The molecular weight excluding hydrogens is 438 g/mol. The Kier molecular flexibility index (Phi) is 5.34. The lowest BCUT2D eigenvalue weighted by Crippen LogP contribution is -2.29. The zero-order chi connectivity index (χ0) is 23.2. The van der Waals surface area contributed by atoms with Gasteiger partial charge < -0.3 is 5.11 Å². The first-order valence-corrected chi connectivity index (χ1v) is 10.4. The van der Waals surface area contributed by atoms with E-state index >= 15 is 0 Å². The lowest BCUT2D eigenvalue weighted by Gasteiger charge is -2.29. The summed E-state index contributed by atoms with van der Waals surface area (Å²) in [5.41, 5.74) is 3.05. The Balaban J connectivity index is 1.40. The highest BCUT2D eigenvalue weighted by atomic mass is 19.4. The average molecular weight is 457 g/mol. The fourth-order valence-electron chi connectivity index (χ4n) is 4.35. The van der Waals surface area contributed by atoms with Gasteiger partial charge in [0.15, 0.2) is 5.65 Å². The summed E-state index contributed by atoms with van der Waals surface area (Å²) in [6.07, 6.45) is -0.532. The molecule has 2 unspecified atom stereocenters. The number of benzene rings is 2. The number of rotatable bonds is 4. The Morgan fingerprint density at radius 1 is 1.12 bits per heavy atom. The van der Waals surface area contributed by atoms with Gasteiger partial charge in [0.1, 0.15) is 18.4 Å². The van der Waals surface area contributed by atoms with E-state index in [-0.39, 0.29) is 11.6 Å². The topological polar surface area (TPSA) is 86.7 Å². The molecule has 5 rings (SSSR count). The smallest absolute Gasteiger partial charge is 0.374 e. The standard InChI is InChI=1S/C23H19F4N5O/c24-18-9-14(5-7-17(18)23(25,26)27)22(33)31-19-3-1-2-12-8-13(4-6-15(12)19)20-16-10-30-32-21(16)29-11-28-20/h4-11,19,22,31,33H,1-3H2,(H,28,29,30,32). The lowest BCUT2D eigenvalue weighted by molar-refractivity contribution is -0.140. The van der Waals surface area contributed by atoms with Crippen molar-refractivity contribution < 1.29 is 22.7 Å². The highest BCUT2D eigenvalue weighted by Crippen LogP contribution is 2.36. The van der Waals surface area contributed by atoms with Crippen LogP contribution in [0.25, 0.3) is 22.3 Å². The second-order valence-electron chi connectivity index (χ2n) is 8.02. The largest absolute Gasteiger partial charge is 0.419 e. The van der Waals surface area contributed by atoms with Gasteiger partial charge in [0.05, 0.1) is 22.8 Å². The van der Waals surface area contributed by atoms with E-state index in [9.17, 15) is 22.7 Å². The monoisotopic (exact) mass is 457 g/mol. The Morgan fingerprint density at radius 2 is 1.97 bits per heavy atom. The molecule has 0 spiro atoms. The molecule has 2 heterocycles. The number of nitrogens with zero attached hydrogens (tertiary/aromatic N) is 3. The van der Waals surface area contributed by atoms with E-state index in [0.29, 0.717) is 11.7 Å². The first-order valence-electron chi connectivity index (χ1n) is 10.4. The van der Waals surface area contributed by atoms with Gasteiger partial charge in [-0.1, -0.05) is 18.2 Å². The molecule has 0 saturated heterocycles. The van der Waals surface area contributed by atoms with Gasteiger partial charge in [-0.05, 0) is 54.2 Å². The molecule has 6 nitrogen and oxygen atoms in total. The van der Waals surface area contributed by atoms with Crippen LogP contribution in [0.3, 0.4) is 0 Å². The van der Waals surface area contributed by atoms with E-state index in [0.717, 1.165) is 59.2 Å². The summed E-state index contributed by atoms with van der Waals surface area (Å²) in [7, 11) is 0. The van der Waals surface area contributed by atoms with Gasteiger partial charge in [0, 0.05) is 11.6 Å². The molecule has 0 aliphatic heterocycles. The summed E-state index contributed by atoms with van der Waals surface area (Å²) in [6, 6.07) is 8.15. The second kappa shape index (κ2) is 8.20. The number of fused-ring (bicyclic) bond motifs is 2. The Labute approximate surface area is 185 Å². The number of aromatic nitrogens is 4. The van der Waals surface area contributed by atoms with Crippen molar-refractivity contribution in [2.45, 2.75) is 37.7 Å². The van der Waals surface area contributed by atoms with E-state index < -0.39 is 23.8 Å². The number of aromatic amines is 1. The number of nitrogens with one attached hydrogen (secondary N) is 2. The minimum Gasteiger partial charge on any atom is -0.374 e. The number of halogens is 4. The van der Waals surface area contributed by atoms with Crippen LogP contribution in [0.1, 0.15) is 47.4 Å². The molecule has 0 saturated carbocycles. The van der Waals surface area contributed by atoms with Crippen molar-refractivity contribution in [1.82, 2.24) is 25.5 Å². The van der Waals surface area contributed by atoms with Gasteiger partial charge >= 0.3 is 6.18 Å². The van der Waals surface area contributed by atoms with Crippen molar-refractivity contribution in [2.24, 2.45) is 0 Å². The summed E-state index contributed by atoms with van der Waals surface area (Å²) >= 11 is 0. The van der Waals surface area contributed by atoms with Crippen LogP contribution in [-0.2, 0) is 12.6 Å². The van der Waals surface area contributed by atoms with E-state index in [1.54, 1.807) is 6.20 Å². The number of aliphatic hydroxyl groups is 1. The molecule has 0 amide bonds. The molecule has 0 radical (unpaired) electrons. The molecule has 2 aromatic carbocycles. The van der Waals surface area contributed by atoms with E-state index in [1.807, 2.05) is 18.2 Å². The normalized spacial score (nSPS) is 17.2. The average Bonchev–Trinajstić information content (AvgIpc) is 3.27. The number of H-pyrrole nitrogens is 1. The number of aliphatic hydroxyl groups excluding tert-OH is 1. The van der Waals surface area contributed by atoms with Crippen molar-refractivity contribution >= 4 is 11.0 Å². The van der Waals surface area contributed by atoms with E-state index in [4.69, 9.17) is 0 Å². The van der Waals surface area contributed by atoms with Gasteiger partial charge in [-0.25, -0.2) is 14.4 Å². The molecule has 170 valence electrons. The van der Waals surface area contributed by atoms with Crippen molar-refractivity contribution in [3.63, 3.8) is 0 Å². The van der Waals surface area contributed by atoms with Crippen LogP contribution >= 0.6 is 0 Å². The van der Waals surface area contributed by atoms with Crippen LogP contribution in [0.4, 0.5) is 17.6 Å². The number of alkyl halides is 3. The van der Waals surface area contributed by atoms with Gasteiger partial charge in [-0.2, -0.15) is 18.3 Å². The first-order chi connectivity index (χ1) is 15.8. The molecule has 2 aromatic heterocycles. The van der Waals surface area contributed by atoms with Gasteiger partial charge in [-0.3, -0.25) is 10.4 Å². The van der Waals surface area contributed by atoms with Crippen molar-refractivity contribution in [2.75, 3.05) is 0 Å². The molecule has 3 N–H and O–H groups in total. The summed E-state index contributed by atoms with van der Waals surface area (Å²) in [5, 5.41) is 21.2. The highest BCUT2D eigenvalue weighted by molar-refractivity contribution is 5.89. The maximum atomic E-state index is 13.9. The predicted octanol–water partition coefficient (Wildman–Crippen LogP) is 4.84. The Hall–Kier alpha value is -3.37. The SMILES string of the molecule is OC(NC1CCCc2cc(-c3ncnc4[nH]ncc34)ccc21)c1ccc(C(F)(F)F)c(F)c1. The van der Waals surface area contributed by atoms with Crippen LogP contribution in [0.5, 0.6) is 0 Å². The zero-order valence-electron chi connectivity index (χ0n) is 17.2. The van der Waals surface area contributed by atoms with E-state index in [2.05, 4.69) is 25.5 Å². The molecule has 1 aliphatic rings. The Morgan fingerprint density at radius 3 is 2.76 bits per heavy atom. The van der Waals surface area contributed by atoms with Crippen molar-refractivity contribution in [3.8, 4) is 11.3 Å². The van der Waals surface area contributed by atoms with Crippen LogP contribution < -0.4 is 5.32 Å². The third kappa shape index (κ3) is 4.07.